The number of hydrogen-bond donors (Lipinski definition) is 2. The molecule has 2 N–H and O–H groups in total. The Bertz CT molecular complexity index is 506. The molecule has 0 amide bonds. The Morgan fingerprint density at radius 1 is 1.42 bits per heavy atom. The minimum absolute atomic E-state index is 0.110. The fourth-order valence-electron chi connectivity index (χ4n) is 2.51. The standard InChI is InChI=1S/C12H22N4O2S/c1-3-10-9-13-14-12(10)15-19(17,18)16(2)11-7-5-4-6-8-11/h9,11H,3-8H2,1-2H3,(H2,13,14,15). The van der Waals surface area contributed by atoms with E-state index in [1.165, 1.54) is 10.7 Å². The van der Waals surface area contributed by atoms with Gasteiger partial charge in [0, 0.05) is 18.7 Å². The lowest BCUT2D eigenvalue weighted by atomic mass is 9.96. The van der Waals surface area contributed by atoms with Gasteiger partial charge in [0.05, 0.1) is 6.20 Å². The third-order valence-electron chi connectivity index (χ3n) is 3.80. The maximum atomic E-state index is 12.3. The second-order valence-corrected chi connectivity index (χ2v) is 6.77. The highest BCUT2D eigenvalue weighted by atomic mass is 32.2. The van der Waals surface area contributed by atoms with Gasteiger partial charge in [0.25, 0.3) is 0 Å². The predicted molar refractivity (Wildman–Crippen MR) is 75.1 cm³/mol. The van der Waals surface area contributed by atoms with Crippen molar-refractivity contribution in [2.24, 2.45) is 0 Å². The third-order valence-corrected chi connectivity index (χ3v) is 5.32. The van der Waals surface area contributed by atoms with Gasteiger partial charge >= 0.3 is 10.2 Å². The second kappa shape index (κ2) is 5.92. The Morgan fingerprint density at radius 3 is 2.74 bits per heavy atom. The molecule has 1 aliphatic carbocycles. The molecule has 0 radical (unpaired) electrons. The largest absolute Gasteiger partial charge is 0.302 e. The molecule has 0 aromatic carbocycles. The van der Waals surface area contributed by atoms with E-state index in [2.05, 4.69) is 14.9 Å². The van der Waals surface area contributed by atoms with E-state index in [-0.39, 0.29) is 6.04 Å². The van der Waals surface area contributed by atoms with Crippen LogP contribution in [0.5, 0.6) is 0 Å². The quantitative estimate of drug-likeness (QED) is 0.867. The van der Waals surface area contributed by atoms with Crippen molar-refractivity contribution in [3.05, 3.63) is 11.8 Å². The fourth-order valence-corrected chi connectivity index (χ4v) is 3.69. The highest BCUT2D eigenvalue weighted by Gasteiger charge is 2.28. The number of nitrogens with zero attached hydrogens (tertiary/aromatic N) is 2. The summed E-state index contributed by atoms with van der Waals surface area (Å²) >= 11 is 0. The van der Waals surface area contributed by atoms with Crippen LogP contribution >= 0.6 is 0 Å². The van der Waals surface area contributed by atoms with E-state index in [0.717, 1.165) is 37.7 Å². The molecule has 1 fully saturated rings. The van der Waals surface area contributed by atoms with E-state index in [0.29, 0.717) is 5.82 Å². The van der Waals surface area contributed by atoms with Crippen molar-refractivity contribution in [1.82, 2.24) is 14.5 Å². The SMILES string of the molecule is CCc1cn[nH]c1NS(=O)(=O)N(C)C1CCCCC1. The minimum Gasteiger partial charge on any atom is -0.262 e. The number of rotatable bonds is 5. The molecule has 1 aromatic rings. The predicted octanol–water partition coefficient (Wildman–Crippen LogP) is 1.89. The summed E-state index contributed by atoms with van der Waals surface area (Å²) in [6.07, 6.45) is 7.70. The number of aromatic amines is 1. The maximum Gasteiger partial charge on any atom is 0.302 e. The Balaban J connectivity index is 2.09. The molecule has 0 spiro atoms. The highest BCUT2D eigenvalue weighted by Crippen LogP contribution is 2.24. The van der Waals surface area contributed by atoms with Crippen molar-refractivity contribution in [2.75, 3.05) is 11.8 Å². The van der Waals surface area contributed by atoms with E-state index in [1.54, 1.807) is 13.2 Å². The Morgan fingerprint density at radius 2 is 2.11 bits per heavy atom. The van der Waals surface area contributed by atoms with Crippen LogP contribution in [0.25, 0.3) is 0 Å². The van der Waals surface area contributed by atoms with Gasteiger partial charge in [0.15, 0.2) is 0 Å². The van der Waals surface area contributed by atoms with Crippen molar-refractivity contribution < 1.29 is 8.42 Å². The van der Waals surface area contributed by atoms with Gasteiger partial charge in [-0.05, 0) is 19.3 Å². The lowest BCUT2D eigenvalue weighted by Crippen LogP contribution is -2.41. The molecule has 0 atom stereocenters. The first-order valence-electron chi connectivity index (χ1n) is 6.82. The number of aromatic nitrogens is 2. The van der Waals surface area contributed by atoms with Crippen molar-refractivity contribution in [2.45, 2.75) is 51.5 Å². The number of H-pyrrole nitrogens is 1. The molecular weight excluding hydrogens is 264 g/mol. The molecule has 1 heterocycles. The number of aryl methyl sites for hydroxylation is 1. The van der Waals surface area contributed by atoms with E-state index in [4.69, 9.17) is 0 Å². The lowest BCUT2D eigenvalue weighted by Gasteiger charge is -2.30. The summed E-state index contributed by atoms with van der Waals surface area (Å²) in [7, 11) is -1.85. The zero-order valence-corrected chi connectivity index (χ0v) is 12.3. The van der Waals surface area contributed by atoms with Gasteiger partial charge in [-0.3, -0.25) is 9.82 Å². The molecule has 19 heavy (non-hydrogen) atoms. The third kappa shape index (κ3) is 3.27. The van der Waals surface area contributed by atoms with Gasteiger partial charge in [-0.25, -0.2) is 0 Å². The Kier molecular flexibility index (Phi) is 4.46. The van der Waals surface area contributed by atoms with Crippen LogP contribution in [0.3, 0.4) is 0 Å². The summed E-state index contributed by atoms with van der Waals surface area (Å²) in [6, 6.07) is 0.110. The molecule has 1 aliphatic rings. The van der Waals surface area contributed by atoms with E-state index in [9.17, 15) is 8.42 Å². The zero-order valence-electron chi connectivity index (χ0n) is 11.5. The molecule has 108 valence electrons. The number of anilines is 1. The van der Waals surface area contributed by atoms with Crippen molar-refractivity contribution in [3.8, 4) is 0 Å². The van der Waals surface area contributed by atoms with Crippen molar-refractivity contribution >= 4 is 16.0 Å². The topological polar surface area (TPSA) is 78.1 Å². The summed E-state index contributed by atoms with van der Waals surface area (Å²) in [4.78, 5) is 0. The van der Waals surface area contributed by atoms with Crippen LogP contribution in [-0.4, -0.2) is 36.0 Å². The van der Waals surface area contributed by atoms with Crippen LogP contribution in [0.1, 0.15) is 44.6 Å². The van der Waals surface area contributed by atoms with Crippen LogP contribution in [0.2, 0.25) is 0 Å². The van der Waals surface area contributed by atoms with E-state index in [1.807, 2.05) is 6.92 Å². The first-order chi connectivity index (χ1) is 9.04. The van der Waals surface area contributed by atoms with Crippen molar-refractivity contribution in [1.29, 1.82) is 0 Å². The fraction of sp³-hybridized carbons (Fsp3) is 0.750. The molecule has 0 aliphatic heterocycles. The van der Waals surface area contributed by atoms with Crippen LogP contribution in [-0.2, 0) is 16.6 Å². The first-order valence-corrected chi connectivity index (χ1v) is 8.26. The van der Waals surface area contributed by atoms with Crippen LogP contribution in [0, 0.1) is 0 Å². The maximum absolute atomic E-state index is 12.3. The highest BCUT2D eigenvalue weighted by molar-refractivity contribution is 7.90. The first kappa shape index (κ1) is 14.3. The van der Waals surface area contributed by atoms with Gasteiger partial charge in [0.1, 0.15) is 5.82 Å². The summed E-state index contributed by atoms with van der Waals surface area (Å²) in [5.41, 5.74) is 0.876. The molecule has 2 rings (SSSR count). The minimum atomic E-state index is -3.50. The monoisotopic (exact) mass is 286 g/mol. The van der Waals surface area contributed by atoms with Gasteiger partial charge in [-0.2, -0.15) is 17.8 Å². The average molecular weight is 286 g/mol. The van der Waals surface area contributed by atoms with Gasteiger partial charge < -0.3 is 0 Å². The summed E-state index contributed by atoms with van der Waals surface area (Å²) < 4.78 is 28.7. The Labute approximate surface area is 114 Å². The van der Waals surface area contributed by atoms with Crippen LogP contribution in [0.4, 0.5) is 5.82 Å². The molecule has 0 unspecified atom stereocenters. The summed E-state index contributed by atoms with van der Waals surface area (Å²) in [5.74, 6) is 0.477. The second-order valence-electron chi connectivity index (χ2n) is 5.04. The molecule has 0 bridgehead atoms. The molecule has 7 heteroatoms. The summed E-state index contributed by atoms with van der Waals surface area (Å²) in [5, 5.41) is 6.58. The lowest BCUT2D eigenvalue weighted by molar-refractivity contribution is 0.287. The average Bonchev–Trinajstić information content (AvgIpc) is 2.85. The normalized spacial score (nSPS) is 17.8. The molecule has 0 saturated heterocycles. The molecule has 1 saturated carbocycles. The summed E-state index contributed by atoms with van der Waals surface area (Å²) in [6.45, 7) is 1.97. The van der Waals surface area contributed by atoms with E-state index < -0.39 is 10.2 Å². The molecular formula is C12H22N4O2S. The van der Waals surface area contributed by atoms with Gasteiger partial charge in [0.2, 0.25) is 0 Å². The van der Waals surface area contributed by atoms with Gasteiger partial charge in [-0.15, -0.1) is 0 Å². The smallest absolute Gasteiger partial charge is 0.262 e. The molecule has 1 aromatic heterocycles. The van der Waals surface area contributed by atoms with Crippen LogP contribution < -0.4 is 4.72 Å². The number of hydrogen-bond acceptors (Lipinski definition) is 3. The Hall–Kier alpha value is -1.08. The molecule has 6 nitrogen and oxygen atoms in total. The van der Waals surface area contributed by atoms with E-state index >= 15 is 0 Å². The van der Waals surface area contributed by atoms with Crippen molar-refractivity contribution in [3.63, 3.8) is 0 Å². The van der Waals surface area contributed by atoms with Gasteiger partial charge in [-0.1, -0.05) is 26.2 Å². The number of nitrogens with one attached hydrogen (secondary N) is 2. The zero-order chi connectivity index (χ0) is 13.9. The van der Waals surface area contributed by atoms with Crippen LogP contribution in [0.15, 0.2) is 6.20 Å².